The van der Waals surface area contributed by atoms with Crippen LogP contribution in [-0.2, 0) is 5.75 Å². The minimum Gasteiger partial charge on any atom is -0.447 e. The van der Waals surface area contributed by atoms with Crippen molar-refractivity contribution in [3.8, 4) is 5.69 Å². The van der Waals surface area contributed by atoms with Gasteiger partial charge in [0.05, 0.1) is 5.75 Å². The highest BCUT2D eigenvalue weighted by Gasteiger charge is 2.15. The second kappa shape index (κ2) is 10.2. The van der Waals surface area contributed by atoms with E-state index in [-0.39, 0.29) is 5.91 Å². The number of nitrogens with zero attached hydrogens (tertiary/aromatic N) is 4. The van der Waals surface area contributed by atoms with Crippen LogP contribution < -0.4 is 5.32 Å². The molecule has 8 heteroatoms. The topological polar surface area (TPSA) is 85.8 Å². The van der Waals surface area contributed by atoms with Gasteiger partial charge in [-0.25, -0.2) is 4.98 Å². The summed E-state index contributed by atoms with van der Waals surface area (Å²) in [7, 11) is 0. The van der Waals surface area contributed by atoms with Gasteiger partial charge in [-0.05, 0) is 38.0 Å². The molecule has 0 unspecified atom stereocenters. The number of carbonyl (C=O) groups is 1. The maximum absolute atomic E-state index is 12.2. The van der Waals surface area contributed by atoms with E-state index < -0.39 is 0 Å². The van der Waals surface area contributed by atoms with Crippen LogP contribution in [0.4, 0.5) is 0 Å². The molecule has 0 aliphatic rings. The molecule has 0 radical (unpaired) electrons. The molecule has 1 N–H and O–H groups in total. The molecule has 3 aromatic rings. The Bertz CT molecular complexity index is 950. The number of hydrogen-bond donors (Lipinski definition) is 1. The maximum atomic E-state index is 12.2. The van der Waals surface area contributed by atoms with Gasteiger partial charge in [-0.3, -0.25) is 9.36 Å². The predicted molar refractivity (Wildman–Crippen MR) is 113 cm³/mol. The Morgan fingerprint density at radius 2 is 2.07 bits per heavy atom. The summed E-state index contributed by atoms with van der Waals surface area (Å²) in [5.74, 6) is 1.57. The number of unbranched alkanes of at least 4 members (excludes halogenated alkanes) is 3. The summed E-state index contributed by atoms with van der Waals surface area (Å²) < 4.78 is 7.48. The number of aromatic nitrogens is 4. The zero-order chi connectivity index (χ0) is 20.6. The summed E-state index contributed by atoms with van der Waals surface area (Å²) in [4.78, 5) is 16.5. The molecule has 7 nitrogen and oxygen atoms in total. The van der Waals surface area contributed by atoms with Crippen molar-refractivity contribution in [2.24, 2.45) is 0 Å². The van der Waals surface area contributed by atoms with E-state index in [1.165, 1.54) is 36.4 Å². The summed E-state index contributed by atoms with van der Waals surface area (Å²) in [6.45, 7) is 6.81. The lowest BCUT2D eigenvalue weighted by atomic mass is 10.2. The standard InChI is InChI=1S/C21H27N5O2S/c1-4-5-6-7-11-22-20(27)18-13-28-19(23-18)14-29-21-25-24-16(3)26(21)17-10-8-9-15(2)12-17/h8-10,12-13H,4-7,11,14H2,1-3H3,(H,22,27). The molecule has 3 rings (SSSR count). The minimum absolute atomic E-state index is 0.194. The van der Waals surface area contributed by atoms with Gasteiger partial charge < -0.3 is 9.73 Å². The van der Waals surface area contributed by atoms with Gasteiger partial charge in [0.1, 0.15) is 12.1 Å². The fourth-order valence-corrected chi connectivity index (χ4v) is 3.80. The normalized spacial score (nSPS) is 11.0. The van der Waals surface area contributed by atoms with Crippen LogP contribution in [0.5, 0.6) is 0 Å². The fraction of sp³-hybridized carbons (Fsp3) is 0.429. The van der Waals surface area contributed by atoms with Gasteiger partial charge in [-0.15, -0.1) is 10.2 Å². The van der Waals surface area contributed by atoms with E-state index in [1.54, 1.807) is 0 Å². The van der Waals surface area contributed by atoms with Gasteiger partial charge in [0.25, 0.3) is 5.91 Å². The smallest absolute Gasteiger partial charge is 0.273 e. The van der Waals surface area contributed by atoms with Gasteiger partial charge in [0.15, 0.2) is 10.9 Å². The molecule has 1 aromatic carbocycles. The van der Waals surface area contributed by atoms with E-state index in [9.17, 15) is 4.79 Å². The highest BCUT2D eigenvalue weighted by molar-refractivity contribution is 7.98. The van der Waals surface area contributed by atoms with Crippen LogP contribution in [0.25, 0.3) is 5.69 Å². The third-order valence-electron chi connectivity index (χ3n) is 4.48. The molecule has 0 atom stereocenters. The number of amides is 1. The Labute approximate surface area is 175 Å². The van der Waals surface area contributed by atoms with Gasteiger partial charge >= 0.3 is 0 Å². The molecule has 0 saturated carbocycles. The van der Waals surface area contributed by atoms with Crippen molar-refractivity contribution >= 4 is 17.7 Å². The second-order valence-corrected chi connectivity index (χ2v) is 7.88. The van der Waals surface area contributed by atoms with Crippen LogP contribution in [0.1, 0.15) is 60.4 Å². The molecule has 0 saturated heterocycles. The van der Waals surface area contributed by atoms with E-state index in [1.807, 2.05) is 23.6 Å². The lowest BCUT2D eigenvalue weighted by Crippen LogP contribution is -2.24. The molecular formula is C21H27N5O2S. The molecule has 29 heavy (non-hydrogen) atoms. The molecule has 0 bridgehead atoms. The number of oxazole rings is 1. The number of benzene rings is 1. The van der Waals surface area contributed by atoms with Crippen LogP contribution in [0.3, 0.4) is 0 Å². The van der Waals surface area contributed by atoms with E-state index in [0.717, 1.165) is 29.5 Å². The first-order valence-electron chi connectivity index (χ1n) is 9.93. The largest absolute Gasteiger partial charge is 0.447 e. The number of nitrogens with one attached hydrogen (secondary N) is 1. The van der Waals surface area contributed by atoms with Crippen molar-refractivity contribution in [2.75, 3.05) is 6.54 Å². The Balaban J connectivity index is 1.59. The van der Waals surface area contributed by atoms with E-state index in [0.29, 0.717) is 23.9 Å². The first-order valence-corrected chi connectivity index (χ1v) is 10.9. The van der Waals surface area contributed by atoms with Crippen molar-refractivity contribution in [3.63, 3.8) is 0 Å². The first-order chi connectivity index (χ1) is 14.1. The molecule has 0 fully saturated rings. The van der Waals surface area contributed by atoms with Gasteiger partial charge in [0.2, 0.25) is 5.89 Å². The Kier molecular flexibility index (Phi) is 7.46. The number of hydrogen-bond acceptors (Lipinski definition) is 6. The predicted octanol–water partition coefficient (Wildman–Crippen LogP) is 4.47. The van der Waals surface area contributed by atoms with Crippen LogP contribution >= 0.6 is 11.8 Å². The molecule has 1 amide bonds. The number of carbonyl (C=O) groups excluding carboxylic acids is 1. The van der Waals surface area contributed by atoms with Crippen molar-refractivity contribution < 1.29 is 9.21 Å². The van der Waals surface area contributed by atoms with E-state index >= 15 is 0 Å². The summed E-state index contributed by atoms with van der Waals surface area (Å²) in [5, 5.41) is 12.1. The zero-order valence-corrected chi connectivity index (χ0v) is 18.0. The first kappa shape index (κ1) is 21.1. The molecule has 0 spiro atoms. The van der Waals surface area contributed by atoms with Crippen LogP contribution in [0, 0.1) is 13.8 Å². The number of thioether (sulfide) groups is 1. The lowest BCUT2D eigenvalue weighted by molar-refractivity contribution is 0.0948. The van der Waals surface area contributed by atoms with Crippen molar-refractivity contribution in [3.05, 3.63) is 53.5 Å². The van der Waals surface area contributed by atoms with Crippen LogP contribution in [0.2, 0.25) is 0 Å². The summed E-state index contributed by atoms with van der Waals surface area (Å²) in [5.41, 5.74) is 2.50. The highest BCUT2D eigenvalue weighted by atomic mass is 32.2. The average Bonchev–Trinajstić information content (AvgIpc) is 3.32. The number of rotatable bonds is 10. The Morgan fingerprint density at radius 1 is 1.21 bits per heavy atom. The van der Waals surface area contributed by atoms with Crippen LogP contribution in [0.15, 0.2) is 40.1 Å². The summed E-state index contributed by atoms with van der Waals surface area (Å²) in [6, 6.07) is 8.19. The van der Waals surface area contributed by atoms with Gasteiger partial charge in [-0.2, -0.15) is 0 Å². The molecule has 0 aliphatic carbocycles. The summed E-state index contributed by atoms with van der Waals surface area (Å²) >= 11 is 1.48. The molecule has 0 aliphatic heterocycles. The van der Waals surface area contributed by atoms with Gasteiger partial charge in [0, 0.05) is 12.2 Å². The molecular weight excluding hydrogens is 386 g/mol. The third kappa shape index (κ3) is 5.69. The third-order valence-corrected chi connectivity index (χ3v) is 5.39. The average molecular weight is 414 g/mol. The zero-order valence-electron chi connectivity index (χ0n) is 17.1. The van der Waals surface area contributed by atoms with Crippen molar-refractivity contribution in [1.82, 2.24) is 25.1 Å². The second-order valence-electron chi connectivity index (χ2n) is 6.94. The van der Waals surface area contributed by atoms with Crippen molar-refractivity contribution in [2.45, 2.75) is 57.4 Å². The molecule has 2 aromatic heterocycles. The monoisotopic (exact) mass is 413 g/mol. The lowest BCUT2D eigenvalue weighted by Gasteiger charge is -2.08. The molecule has 2 heterocycles. The highest BCUT2D eigenvalue weighted by Crippen LogP contribution is 2.25. The molecule has 154 valence electrons. The Morgan fingerprint density at radius 3 is 2.86 bits per heavy atom. The SMILES string of the molecule is CCCCCCNC(=O)c1coc(CSc2nnc(C)n2-c2cccc(C)c2)n1. The van der Waals surface area contributed by atoms with Gasteiger partial charge in [-0.1, -0.05) is 50.1 Å². The minimum atomic E-state index is -0.194. The van der Waals surface area contributed by atoms with Crippen LogP contribution in [-0.4, -0.2) is 32.2 Å². The summed E-state index contributed by atoms with van der Waals surface area (Å²) in [6.07, 6.45) is 5.88. The maximum Gasteiger partial charge on any atom is 0.273 e. The van der Waals surface area contributed by atoms with E-state index in [2.05, 4.69) is 46.5 Å². The quantitative estimate of drug-likeness (QED) is 0.390. The van der Waals surface area contributed by atoms with E-state index in [4.69, 9.17) is 4.42 Å². The fourth-order valence-electron chi connectivity index (χ4n) is 2.95. The van der Waals surface area contributed by atoms with Crippen molar-refractivity contribution in [1.29, 1.82) is 0 Å². The Hall–Kier alpha value is -2.61. The number of aryl methyl sites for hydroxylation is 2.